The highest BCUT2D eigenvalue weighted by Gasteiger charge is 2.29. The molecule has 0 bridgehead atoms. The Morgan fingerprint density at radius 3 is 2.63 bits per heavy atom. The molecule has 2 aromatic heterocycles. The number of carbonyl (C=O) groups excluding carboxylic acids is 1. The lowest BCUT2D eigenvalue weighted by Crippen LogP contribution is -2.47. The summed E-state index contributed by atoms with van der Waals surface area (Å²) < 4.78 is 5.48. The van der Waals surface area contributed by atoms with Gasteiger partial charge in [-0.2, -0.15) is 10.1 Å². The van der Waals surface area contributed by atoms with Crippen LogP contribution in [0.25, 0.3) is 0 Å². The lowest BCUT2D eigenvalue weighted by atomic mass is 10.0. The number of H-pyrrole nitrogens is 1. The van der Waals surface area contributed by atoms with Gasteiger partial charge in [0, 0.05) is 50.1 Å². The third kappa shape index (κ3) is 5.01. The van der Waals surface area contributed by atoms with Crippen molar-refractivity contribution in [1.29, 1.82) is 0 Å². The fraction of sp³-hybridized carbons (Fsp3) is 0.619. The summed E-state index contributed by atoms with van der Waals surface area (Å²) in [6, 6.07) is 4.16. The van der Waals surface area contributed by atoms with E-state index in [1.807, 2.05) is 33.9 Å². The van der Waals surface area contributed by atoms with E-state index in [4.69, 9.17) is 4.74 Å². The van der Waals surface area contributed by atoms with Crippen molar-refractivity contribution in [2.75, 3.05) is 30.4 Å². The number of rotatable bonds is 5. The number of nitrogens with one attached hydrogen (secondary N) is 2. The van der Waals surface area contributed by atoms with Crippen molar-refractivity contribution in [3.05, 3.63) is 24.0 Å². The number of nitrogens with zero attached hydrogens (tertiary/aromatic N) is 5. The van der Waals surface area contributed by atoms with Crippen LogP contribution in [0.15, 0.2) is 18.3 Å². The van der Waals surface area contributed by atoms with Crippen molar-refractivity contribution in [1.82, 2.24) is 25.1 Å². The molecule has 1 saturated carbocycles. The van der Waals surface area contributed by atoms with Crippen LogP contribution in [0.4, 0.5) is 22.4 Å². The van der Waals surface area contributed by atoms with Gasteiger partial charge in [-0.15, -0.1) is 0 Å². The van der Waals surface area contributed by atoms with Crippen LogP contribution in [0.1, 0.15) is 58.1 Å². The lowest BCUT2D eigenvalue weighted by Gasteiger charge is -2.37. The fourth-order valence-corrected chi connectivity index (χ4v) is 3.65. The van der Waals surface area contributed by atoms with Crippen LogP contribution in [-0.2, 0) is 4.74 Å². The van der Waals surface area contributed by atoms with Crippen molar-refractivity contribution in [3.63, 3.8) is 0 Å². The third-order valence-corrected chi connectivity index (χ3v) is 5.49. The molecule has 4 rings (SSSR count). The summed E-state index contributed by atoms with van der Waals surface area (Å²) in [5.41, 5.74) is 0.709. The maximum absolute atomic E-state index is 12.3. The Bertz CT molecular complexity index is 879. The van der Waals surface area contributed by atoms with Crippen LogP contribution in [-0.4, -0.2) is 62.9 Å². The molecule has 2 N–H and O–H groups in total. The van der Waals surface area contributed by atoms with E-state index < -0.39 is 5.60 Å². The van der Waals surface area contributed by atoms with E-state index in [9.17, 15) is 4.79 Å². The predicted octanol–water partition coefficient (Wildman–Crippen LogP) is 3.66. The molecule has 0 unspecified atom stereocenters. The second kappa shape index (κ2) is 8.12. The molecule has 2 aliphatic rings. The predicted molar refractivity (Wildman–Crippen MR) is 115 cm³/mol. The highest BCUT2D eigenvalue weighted by atomic mass is 16.6. The number of amides is 1. The monoisotopic (exact) mass is 413 g/mol. The number of hydrogen-bond donors (Lipinski definition) is 2. The van der Waals surface area contributed by atoms with Gasteiger partial charge in [0.2, 0.25) is 5.95 Å². The minimum absolute atomic E-state index is 0.240. The summed E-state index contributed by atoms with van der Waals surface area (Å²) >= 11 is 0. The maximum atomic E-state index is 12.3. The summed E-state index contributed by atoms with van der Waals surface area (Å²) in [4.78, 5) is 25.3. The molecule has 0 spiro atoms. The molecule has 9 nitrogen and oxygen atoms in total. The first kappa shape index (κ1) is 20.4. The van der Waals surface area contributed by atoms with Gasteiger partial charge < -0.3 is 19.9 Å². The maximum Gasteiger partial charge on any atom is 0.410 e. The molecule has 1 aliphatic heterocycles. The smallest absolute Gasteiger partial charge is 0.410 e. The van der Waals surface area contributed by atoms with E-state index in [1.165, 1.54) is 18.5 Å². The Labute approximate surface area is 177 Å². The number of aromatic amines is 1. The fourth-order valence-electron chi connectivity index (χ4n) is 3.65. The molecule has 1 aliphatic carbocycles. The van der Waals surface area contributed by atoms with Gasteiger partial charge in [0.25, 0.3) is 0 Å². The van der Waals surface area contributed by atoms with Gasteiger partial charge >= 0.3 is 6.09 Å². The van der Waals surface area contributed by atoms with Gasteiger partial charge in [-0.3, -0.25) is 5.10 Å². The molecule has 0 aromatic carbocycles. The minimum atomic E-state index is -0.472. The van der Waals surface area contributed by atoms with Crippen molar-refractivity contribution in [3.8, 4) is 0 Å². The highest BCUT2D eigenvalue weighted by molar-refractivity contribution is 5.68. The van der Waals surface area contributed by atoms with Gasteiger partial charge in [0.05, 0.1) is 0 Å². The Kier molecular flexibility index (Phi) is 5.53. The van der Waals surface area contributed by atoms with Gasteiger partial charge in [-0.05, 0) is 52.5 Å². The standard InChI is InChI=1S/C21H31N7O2/c1-21(2,3)30-20(29)28-11-8-15(9-12-28)27(4)19-22-10-7-17(24-19)23-18-13-16(25-26-18)14-5-6-14/h7,10,13-15H,5-6,8-9,11-12H2,1-4H3,(H2,22,23,24,25,26). The molecule has 9 heteroatoms. The lowest BCUT2D eigenvalue weighted by molar-refractivity contribution is 0.0205. The summed E-state index contributed by atoms with van der Waals surface area (Å²) in [6.07, 6.45) is 5.68. The van der Waals surface area contributed by atoms with Crippen LogP contribution in [0.5, 0.6) is 0 Å². The number of anilines is 3. The number of carbonyl (C=O) groups is 1. The summed E-state index contributed by atoms with van der Waals surface area (Å²) in [5.74, 6) is 2.78. The molecule has 1 saturated heterocycles. The number of hydrogen-bond acceptors (Lipinski definition) is 7. The molecule has 0 radical (unpaired) electrons. The van der Waals surface area contributed by atoms with Gasteiger partial charge in [-0.25, -0.2) is 9.78 Å². The number of piperidine rings is 1. The Hall–Kier alpha value is -2.84. The summed E-state index contributed by atoms with van der Waals surface area (Å²) in [5, 5.41) is 10.7. The SMILES string of the molecule is CN(c1nccc(Nc2cc(C3CC3)[nH]n2)n1)C1CCN(C(=O)OC(C)(C)C)CC1. The Balaban J connectivity index is 1.34. The van der Waals surface area contributed by atoms with E-state index in [2.05, 4.69) is 36.4 Å². The third-order valence-electron chi connectivity index (χ3n) is 5.49. The van der Waals surface area contributed by atoms with Crippen LogP contribution in [0, 0.1) is 0 Å². The van der Waals surface area contributed by atoms with Gasteiger partial charge in [-0.1, -0.05) is 0 Å². The normalized spacial score (nSPS) is 17.7. The minimum Gasteiger partial charge on any atom is -0.444 e. The second-order valence-corrected chi connectivity index (χ2v) is 9.16. The summed E-state index contributed by atoms with van der Waals surface area (Å²) in [6.45, 7) is 7.00. The Morgan fingerprint density at radius 1 is 1.23 bits per heavy atom. The average molecular weight is 414 g/mol. The number of likely N-dealkylation sites (tertiary alicyclic amines) is 1. The second-order valence-electron chi connectivity index (χ2n) is 9.16. The highest BCUT2D eigenvalue weighted by Crippen LogP contribution is 2.39. The molecule has 0 atom stereocenters. The average Bonchev–Trinajstić information content (AvgIpc) is 3.46. The van der Waals surface area contributed by atoms with E-state index in [-0.39, 0.29) is 12.1 Å². The van der Waals surface area contributed by atoms with E-state index >= 15 is 0 Å². The molecule has 1 amide bonds. The molecule has 162 valence electrons. The quantitative estimate of drug-likeness (QED) is 0.772. The van der Waals surface area contributed by atoms with E-state index in [0.29, 0.717) is 30.8 Å². The van der Waals surface area contributed by atoms with Crippen LogP contribution >= 0.6 is 0 Å². The van der Waals surface area contributed by atoms with E-state index in [0.717, 1.165) is 18.7 Å². The topological polar surface area (TPSA) is 99.3 Å². The number of aromatic nitrogens is 4. The van der Waals surface area contributed by atoms with Crippen molar-refractivity contribution in [2.45, 2.75) is 64.0 Å². The molecule has 2 fully saturated rings. The van der Waals surface area contributed by atoms with E-state index in [1.54, 1.807) is 11.1 Å². The first-order chi connectivity index (χ1) is 14.3. The van der Waals surface area contributed by atoms with Crippen molar-refractivity contribution in [2.24, 2.45) is 0 Å². The molecule has 2 aromatic rings. The zero-order chi connectivity index (χ0) is 21.3. The van der Waals surface area contributed by atoms with Gasteiger partial charge in [0.15, 0.2) is 5.82 Å². The van der Waals surface area contributed by atoms with Crippen LogP contribution in [0.2, 0.25) is 0 Å². The molecular weight excluding hydrogens is 382 g/mol. The first-order valence-electron chi connectivity index (χ1n) is 10.6. The van der Waals surface area contributed by atoms with Crippen molar-refractivity contribution < 1.29 is 9.53 Å². The molecule has 30 heavy (non-hydrogen) atoms. The first-order valence-corrected chi connectivity index (χ1v) is 10.6. The molecule has 3 heterocycles. The largest absolute Gasteiger partial charge is 0.444 e. The van der Waals surface area contributed by atoms with Crippen molar-refractivity contribution >= 4 is 23.7 Å². The van der Waals surface area contributed by atoms with Crippen LogP contribution < -0.4 is 10.2 Å². The number of ether oxygens (including phenoxy) is 1. The van der Waals surface area contributed by atoms with Gasteiger partial charge in [0.1, 0.15) is 11.4 Å². The zero-order valence-corrected chi connectivity index (χ0v) is 18.2. The molecular formula is C21H31N7O2. The van der Waals surface area contributed by atoms with Crippen LogP contribution in [0.3, 0.4) is 0 Å². The summed E-state index contributed by atoms with van der Waals surface area (Å²) in [7, 11) is 2.01. The Morgan fingerprint density at radius 2 is 1.97 bits per heavy atom. The zero-order valence-electron chi connectivity index (χ0n) is 18.2.